The molecule has 2 atom stereocenters. The number of likely N-dealkylation sites (tertiary alicyclic amines) is 1. The third kappa shape index (κ3) is 4.36. The van der Waals surface area contributed by atoms with E-state index in [0.717, 1.165) is 48.4 Å². The van der Waals surface area contributed by atoms with Crippen LogP contribution in [0.5, 0.6) is 11.5 Å². The van der Waals surface area contributed by atoms with Gasteiger partial charge in [0.25, 0.3) is 0 Å². The molecule has 150 valence electrons. The molecule has 0 spiro atoms. The van der Waals surface area contributed by atoms with Crippen LogP contribution in [0, 0.1) is 0 Å². The molecule has 0 bridgehead atoms. The number of hydrogen-bond acceptors (Lipinski definition) is 3. The molecule has 0 aliphatic carbocycles. The third-order valence-electron chi connectivity index (χ3n) is 5.29. The van der Waals surface area contributed by atoms with E-state index in [9.17, 15) is 4.79 Å². The van der Waals surface area contributed by atoms with Gasteiger partial charge in [-0.05, 0) is 49.1 Å². The number of ether oxygens (including phenoxy) is 2. The van der Waals surface area contributed by atoms with Crippen molar-refractivity contribution in [3.8, 4) is 11.5 Å². The van der Waals surface area contributed by atoms with Crippen molar-refractivity contribution >= 4 is 17.6 Å². The van der Waals surface area contributed by atoms with Crippen LogP contribution in [0.4, 0.5) is 4.79 Å². The van der Waals surface area contributed by atoms with Gasteiger partial charge in [0.15, 0.2) is 0 Å². The zero-order valence-electron chi connectivity index (χ0n) is 16.6. The van der Waals surface area contributed by atoms with Gasteiger partial charge in [-0.3, -0.25) is 0 Å². The van der Waals surface area contributed by atoms with Crippen LogP contribution in [0.3, 0.4) is 0 Å². The number of carbonyl (C=O) groups excluding carboxylic acids is 1. The maximum Gasteiger partial charge on any atom is 0.318 e. The van der Waals surface area contributed by atoms with Gasteiger partial charge in [0.1, 0.15) is 11.5 Å². The number of hydrogen-bond donors (Lipinski definition) is 1. The molecule has 1 aliphatic rings. The Morgan fingerprint density at radius 3 is 2.61 bits per heavy atom. The van der Waals surface area contributed by atoms with Crippen LogP contribution in [0.15, 0.2) is 42.5 Å². The minimum atomic E-state index is -0.0535. The summed E-state index contributed by atoms with van der Waals surface area (Å²) in [5.41, 5.74) is 2.06. The molecule has 1 aliphatic heterocycles. The summed E-state index contributed by atoms with van der Waals surface area (Å²) < 4.78 is 10.9. The highest BCUT2D eigenvalue weighted by molar-refractivity contribution is 6.30. The van der Waals surface area contributed by atoms with Crippen LogP contribution in [-0.4, -0.2) is 31.7 Å². The molecule has 2 aromatic carbocycles. The number of carbonyl (C=O) groups is 1. The van der Waals surface area contributed by atoms with E-state index in [2.05, 4.69) is 12.2 Å². The first-order chi connectivity index (χ1) is 13.6. The fourth-order valence-corrected chi connectivity index (χ4v) is 3.90. The first kappa shape index (κ1) is 20.3. The molecule has 0 saturated carbocycles. The summed E-state index contributed by atoms with van der Waals surface area (Å²) in [5, 5.41) is 3.87. The van der Waals surface area contributed by atoms with E-state index in [1.54, 1.807) is 14.2 Å². The number of nitrogens with one attached hydrogen (secondary N) is 1. The minimum absolute atomic E-state index is 0.0106. The van der Waals surface area contributed by atoms with E-state index in [1.807, 2.05) is 47.4 Å². The number of methoxy groups -OCH3 is 2. The Bertz CT molecular complexity index is 810. The van der Waals surface area contributed by atoms with Crippen LogP contribution < -0.4 is 14.8 Å². The number of urea groups is 1. The molecule has 1 fully saturated rings. The summed E-state index contributed by atoms with van der Waals surface area (Å²) in [6, 6.07) is 13.3. The molecule has 3 rings (SSSR count). The molecule has 2 amide bonds. The first-order valence-corrected chi connectivity index (χ1v) is 9.99. The quantitative estimate of drug-likeness (QED) is 0.708. The second kappa shape index (κ2) is 9.20. The van der Waals surface area contributed by atoms with Crippen molar-refractivity contribution in [1.82, 2.24) is 10.2 Å². The Balaban J connectivity index is 1.78. The SMILES string of the molecule is CCC(NC(=O)N1CCCC1c1ccc(OC)cc1OC)c1ccc(Cl)cc1. The van der Waals surface area contributed by atoms with E-state index >= 15 is 0 Å². The predicted molar refractivity (Wildman–Crippen MR) is 111 cm³/mol. The summed E-state index contributed by atoms with van der Waals surface area (Å²) in [6.45, 7) is 2.79. The number of nitrogens with zero attached hydrogens (tertiary/aromatic N) is 1. The number of benzene rings is 2. The lowest BCUT2D eigenvalue weighted by Gasteiger charge is -2.29. The Labute approximate surface area is 171 Å². The van der Waals surface area contributed by atoms with Crippen molar-refractivity contribution in [2.24, 2.45) is 0 Å². The lowest BCUT2D eigenvalue weighted by atomic mass is 10.0. The van der Waals surface area contributed by atoms with Gasteiger partial charge in [-0.1, -0.05) is 30.7 Å². The minimum Gasteiger partial charge on any atom is -0.497 e. The monoisotopic (exact) mass is 402 g/mol. The molecular weight excluding hydrogens is 376 g/mol. The third-order valence-corrected chi connectivity index (χ3v) is 5.54. The second-order valence-electron chi connectivity index (χ2n) is 6.92. The Kier molecular flexibility index (Phi) is 6.68. The van der Waals surface area contributed by atoms with Crippen molar-refractivity contribution in [2.75, 3.05) is 20.8 Å². The van der Waals surface area contributed by atoms with Gasteiger partial charge in [0, 0.05) is 23.2 Å². The highest BCUT2D eigenvalue weighted by Crippen LogP contribution is 2.39. The van der Waals surface area contributed by atoms with Crippen LogP contribution >= 0.6 is 11.6 Å². The normalized spacial score (nSPS) is 17.3. The fourth-order valence-electron chi connectivity index (χ4n) is 3.78. The topological polar surface area (TPSA) is 50.8 Å². The standard InChI is InChI=1S/C22H27ClN2O3/c1-4-19(15-7-9-16(23)10-8-15)24-22(26)25-13-5-6-20(25)18-12-11-17(27-2)14-21(18)28-3/h7-12,14,19-20H,4-6,13H2,1-3H3,(H,24,26). The molecule has 2 aromatic rings. The fraction of sp³-hybridized carbons (Fsp3) is 0.409. The Morgan fingerprint density at radius 2 is 1.96 bits per heavy atom. The van der Waals surface area contributed by atoms with Crippen LogP contribution in [0.1, 0.15) is 49.4 Å². The maximum atomic E-state index is 13.1. The Morgan fingerprint density at radius 1 is 1.21 bits per heavy atom. The molecule has 1 heterocycles. The van der Waals surface area contributed by atoms with Crippen LogP contribution in [-0.2, 0) is 0 Å². The van der Waals surface area contributed by atoms with Gasteiger partial charge in [-0.15, -0.1) is 0 Å². The first-order valence-electron chi connectivity index (χ1n) is 9.61. The summed E-state index contributed by atoms with van der Waals surface area (Å²) in [6.07, 6.45) is 2.68. The van der Waals surface area contributed by atoms with Crippen LogP contribution in [0.25, 0.3) is 0 Å². The van der Waals surface area contributed by atoms with Gasteiger partial charge in [-0.2, -0.15) is 0 Å². The van der Waals surface area contributed by atoms with Crippen LogP contribution in [0.2, 0.25) is 5.02 Å². The average molecular weight is 403 g/mol. The summed E-state index contributed by atoms with van der Waals surface area (Å²) in [5.74, 6) is 1.48. The van der Waals surface area contributed by atoms with Crippen molar-refractivity contribution < 1.29 is 14.3 Å². The molecule has 5 nitrogen and oxygen atoms in total. The predicted octanol–water partition coefficient (Wildman–Crippen LogP) is 5.36. The van der Waals surface area contributed by atoms with Crippen molar-refractivity contribution in [2.45, 2.75) is 38.3 Å². The lowest BCUT2D eigenvalue weighted by Crippen LogP contribution is -2.41. The van der Waals surface area contributed by atoms with E-state index in [4.69, 9.17) is 21.1 Å². The van der Waals surface area contributed by atoms with Gasteiger partial charge in [-0.25, -0.2) is 4.79 Å². The smallest absolute Gasteiger partial charge is 0.318 e. The highest BCUT2D eigenvalue weighted by atomic mass is 35.5. The summed E-state index contributed by atoms with van der Waals surface area (Å²) >= 11 is 5.99. The van der Waals surface area contributed by atoms with Crippen molar-refractivity contribution in [3.05, 3.63) is 58.6 Å². The zero-order chi connectivity index (χ0) is 20.1. The molecule has 1 saturated heterocycles. The molecule has 6 heteroatoms. The highest BCUT2D eigenvalue weighted by Gasteiger charge is 2.33. The van der Waals surface area contributed by atoms with E-state index < -0.39 is 0 Å². The molecule has 1 N–H and O–H groups in total. The molecular formula is C22H27ClN2O3. The van der Waals surface area contributed by atoms with E-state index in [0.29, 0.717) is 5.02 Å². The number of rotatable bonds is 6. The molecule has 0 radical (unpaired) electrons. The van der Waals surface area contributed by atoms with Crippen molar-refractivity contribution in [1.29, 1.82) is 0 Å². The summed E-state index contributed by atoms with van der Waals surface area (Å²) in [4.78, 5) is 15.0. The lowest BCUT2D eigenvalue weighted by molar-refractivity contribution is 0.187. The maximum absolute atomic E-state index is 13.1. The van der Waals surface area contributed by atoms with Crippen molar-refractivity contribution in [3.63, 3.8) is 0 Å². The zero-order valence-corrected chi connectivity index (χ0v) is 17.3. The van der Waals surface area contributed by atoms with E-state index in [-0.39, 0.29) is 18.1 Å². The Hall–Kier alpha value is -2.40. The van der Waals surface area contributed by atoms with Gasteiger partial charge >= 0.3 is 6.03 Å². The van der Waals surface area contributed by atoms with Gasteiger partial charge in [0.05, 0.1) is 26.3 Å². The van der Waals surface area contributed by atoms with Gasteiger partial charge < -0.3 is 19.7 Å². The number of amides is 2. The average Bonchev–Trinajstić information content (AvgIpc) is 3.21. The molecule has 28 heavy (non-hydrogen) atoms. The van der Waals surface area contributed by atoms with E-state index in [1.165, 1.54) is 0 Å². The largest absolute Gasteiger partial charge is 0.497 e. The van der Waals surface area contributed by atoms with Gasteiger partial charge in [0.2, 0.25) is 0 Å². The number of halogens is 1. The molecule has 2 unspecified atom stereocenters. The molecule has 0 aromatic heterocycles. The summed E-state index contributed by atoms with van der Waals surface area (Å²) in [7, 11) is 3.27. The second-order valence-corrected chi connectivity index (χ2v) is 7.36.